The number of hydrogen-bond donors (Lipinski definition) is 2. The molecule has 6 heteroatoms. The summed E-state index contributed by atoms with van der Waals surface area (Å²) in [5, 5.41) is 2.69. The molecule has 0 bridgehead atoms. The molecule has 0 radical (unpaired) electrons. The second-order valence-electron chi connectivity index (χ2n) is 4.50. The summed E-state index contributed by atoms with van der Waals surface area (Å²) in [4.78, 5) is 12.2. The topological polar surface area (TPSA) is 55.1 Å². The Hall–Kier alpha value is -1.79. The van der Waals surface area contributed by atoms with E-state index in [0.717, 1.165) is 5.56 Å². The highest BCUT2D eigenvalue weighted by Crippen LogP contribution is 2.21. The van der Waals surface area contributed by atoms with Crippen LogP contribution in [0.15, 0.2) is 40.9 Å². The van der Waals surface area contributed by atoms with E-state index in [-0.39, 0.29) is 16.5 Å². The van der Waals surface area contributed by atoms with E-state index in [9.17, 15) is 9.18 Å². The van der Waals surface area contributed by atoms with Gasteiger partial charge in [0.2, 0.25) is 0 Å². The second-order valence-corrected chi connectivity index (χ2v) is 5.79. The summed E-state index contributed by atoms with van der Waals surface area (Å²) in [6.45, 7) is 1.93. The van der Waals surface area contributed by atoms with Crippen molar-refractivity contribution < 1.29 is 9.18 Å². The van der Waals surface area contributed by atoms with Crippen LogP contribution in [0.5, 0.6) is 0 Å². The van der Waals surface area contributed by atoms with Gasteiger partial charge in [-0.1, -0.05) is 18.3 Å². The van der Waals surface area contributed by atoms with Gasteiger partial charge in [-0.3, -0.25) is 4.79 Å². The average Bonchev–Trinajstić information content (AvgIpc) is 2.40. The van der Waals surface area contributed by atoms with Gasteiger partial charge in [-0.2, -0.15) is 0 Å². The van der Waals surface area contributed by atoms with Crippen LogP contribution in [0.1, 0.15) is 21.5 Å². The molecule has 0 atom stereocenters. The normalized spacial score (nSPS) is 10.2. The highest BCUT2D eigenvalue weighted by molar-refractivity contribution is 9.10. The summed E-state index contributed by atoms with van der Waals surface area (Å²) in [5.74, 6) is -0.820. The molecule has 2 rings (SSSR count). The zero-order valence-corrected chi connectivity index (χ0v) is 13.5. The number of amides is 1. The Morgan fingerprint density at radius 1 is 1.24 bits per heavy atom. The number of carbonyl (C=O) groups excluding carboxylic acids is 1. The Bertz CT molecular complexity index is 734. The smallest absolute Gasteiger partial charge is 0.256 e. The minimum atomic E-state index is -0.517. The molecule has 0 heterocycles. The predicted molar refractivity (Wildman–Crippen MR) is 89.1 cm³/mol. The van der Waals surface area contributed by atoms with Gasteiger partial charge in [-0.05, 0) is 58.7 Å². The third-order valence-corrected chi connectivity index (χ3v) is 3.73. The summed E-state index contributed by atoms with van der Waals surface area (Å²) >= 11 is 8.12. The lowest BCUT2D eigenvalue weighted by atomic mass is 10.1. The number of aryl methyl sites for hydroxylation is 1. The summed E-state index contributed by atoms with van der Waals surface area (Å²) in [7, 11) is 0. The monoisotopic (exact) mass is 366 g/mol. The molecule has 0 saturated carbocycles. The molecule has 0 aliphatic carbocycles. The first-order valence-corrected chi connectivity index (χ1v) is 7.25. The van der Waals surface area contributed by atoms with Crippen LogP contribution in [-0.2, 0) is 0 Å². The molecular formula is C15H12BrFN2OS. The van der Waals surface area contributed by atoms with E-state index in [4.69, 9.17) is 18.0 Å². The zero-order valence-electron chi connectivity index (χ0n) is 11.1. The van der Waals surface area contributed by atoms with Gasteiger partial charge in [0.1, 0.15) is 10.8 Å². The third kappa shape index (κ3) is 3.65. The summed E-state index contributed by atoms with van der Waals surface area (Å²) in [6.07, 6.45) is 0. The molecule has 0 aromatic heterocycles. The fourth-order valence-electron chi connectivity index (χ4n) is 1.79. The number of hydrogen-bond acceptors (Lipinski definition) is 2. The molecule has 0 fully saturated rings. The molecule has 0 aliphatic heterocycles. The lowest BCUT2D eigenvalue weighted by molar-refractivity contribution is 0.102. The lowest BCUT2D eigenvalue weighted by Gasteiger charge is -2.09. The first-order chi connectivity index (χ1) is 9.88. The van der Waals surface area contributed by atoms with Gasteiger partial charge in [0.25, 0.3) is 5.91 Å². The van der Waals surface area contributed by atoms with E-state index in [1.165, 1.54) is 18.2 Å². The number of rotatable bonds is 3. The largest absolute Gasteiger partial charge is 0.389 e. The summed E-state index contributed by atoms with van der Waals surface area (Å²) in [5.41, 5.74) is 7.49. The fourth-order valence-corrected chi connectivity index (χ4v) is 2.62. The van der Waals surface area contributed by atoms with E-state index in [2.05, 4.69) is 21.2 Å². The molecule has 0 unspecified atom stereocenters. The van der Waals surface area contributed by atoms with E-state index in [1.807, 2.05) is 19.1 Å². The number of thiocarbonyl (C=S) groups is 1. The second kappa shape index (κ2) is 6.32. The van der Waals surface area contributed by atoms with Gasteiger partial charge in [0, 0.05) is 15.7 Å². The molecule has 3 N–H and O–H groups in total. The van der Waals surface area contributed by atoms with Crippen molar-refractivity contribution in [1.82, 2.24) is 0 Å². The lowest BCUT2D eigenvalue weighted by Crippen LogP contribution is -2.15. The summed E-state index contributed by atoms with van der Waals surface area (Å²) < 4.78 is 14.2. The van der Waals surface area contributed by atoms with Gasteiger partial charge in [-0.25, -0.2) is 4.39 Å². The molecular weight excluding hydrogens is 355 g/mol. The van der Waals surface area contributed by atoms with E-state index < -0.39 is 5.82 Å². The Morgan fingerprint density at radius 3 is 2.57 bits per heavy atom. The van der Waals surface area contributed by atoms with Crippen molar-refractivity contribution in [1.29, 1.82) is 0 Å². The SMILES string of the molecule is Cc1ccc(C(=O)Nc2ccc(F)c(C(N)=S)c2)c(Br)c1. The molecule has 0 aliphatic rings. The van der Waals surface area contributed by atoms with Crippen LogP contribution < -0.4 is 11.1 Å². The van der Waals surface area contributed by atoms with Crippen molar-refractivity contribution in [2.24, 2.45) is 5.73 Å². The molecule has 0 saturated heterocycles. The summed E-state index contributed by atoms with van der Waals surface area (Å²) in [6, 6.07) is 9.49. The van der Waals surface area contributed by atoms with Gasteiger partial charge in [0.15, 0.2) is 0 Å². The Kier molecular flexibility index (Phi) is 4.69. The van der Waals surface area contributed by atoms with Crippen LogP contribution in [0.2, 0.25) is 0 Å². The highest BCUT2D eigenvalue weighted by atomic mass is 79.9. The Balaban J connectivity index is 2.27. The fraction of sp³-hybridized carbons (Fsp3) is 0.0667. The first kappa shape index (κ1) is 15.6. The van der Waals surface area contributed by atoms with Crippen LogP contribution in [-0.4, -0.2) is 10.9 Å². The van der Waals surface area contributed by atoms with Crippen LogP contribution in [0.25, 0.3) is 0 Å². The maximum absolute atomic E-state index is 13.5. The molecule has 2 aromatic carbocycles. The standard InChI is InChI=1S/C15H12BrFN2OS/c1-8-2-4-10(12(16)6-8)15(20)19-9-3-5-13(17)11(7-9)14(18)21/h2-7H,1H3,(H2,18,21)(H,19,20). The number of benzene rings is 2. The van der Waals surface area contributed by atoms with Crippen molar-refractivity contribution in [3.8, 4) is 0 Å². The minimum Gasteiger partial charge on any atom is -0.389 e. The van der Waals surface area contributed by atoms with E-state index in [0.29, 0.717) is 15.7 Å². The van der Waals surface area contributed by atoms with Crippen molar-refractivity contribution >= 4 is 44.7 Å². The van der Waals surface area contributed by atoms with Crippen molar-refractivity contribution in [2.45, 2.75) is 6.92 Å². The first-order valence-electron chi connectivity index (χ1n) is 6.05. The number of nitrogens with two attached hydrogens (primary N) is 1. The molecule has 0 spiro atoms. The average molecular weight is 367 g/mol. The molecule has 108 valence electrons. The molecule has 1 amide bonds. The Morgan fingerprint density at radius 2 is 1.95 bits per heavy atom. The molecule has 21 heavy (non-hydrogen) atoms. The maximum atomic E-state index is 13.5. The van der Waals surface area contributed by atoms with E-state index in [1.54, 1.807) is 6.07 Å². The van der Waals surface area contributed by atoms with Crippen molar-refractivity contribution in [3.63, 3.8) is 0 Å². The van der Waals surface area contributed by atoms with Crippen LogP contribution in [0, 0.1) is 12.7 Å². The van der Waals surface area contributed by atoms with Gasteiger partial charge >= 0.3 is 0 Å². The van der Waals surface area contributed by atoms with E-state index >= 15 is 0 Å². The van der Waals surface area contributed by atoms with Crippen LogP contribution in [0.3, 0.4) is 0 Å². The number of halogens is 2. The molecule has 2 aromatic rings. The Labute approximate surface area is 135 Å². The number of nitrogens with one attached hydrogen (secondary N) is 1. The number of anilines is 1. The van der Waals surface area contributed by atoms with Gasteiger partial charge < -0.3 is 11.1 Å². The highest BCUT2D eigenvalue weighted by Gasteiger charge is 2.12. The van der Waals surface area contributed by atoms with Crippen molar-refractivity contribution in [3.05, 3.63) is 63.4 Å². The van der Waals surface area contributed by atoms with Gasteiger partial charge in [-0.15, -0.1) is 0 Å². The predicted octanol–water partition coefficient (Wildman–Crippen LogP) is 3.78. The molecule has 3 nitrogen and oxygen atoms in total. The zero-order chi connectivity index (χ0) is 15.6. The third-order valence-electron chi connectivity index (χ3n) is 2.86. The quantitative estimate of drug-likeness (QED) is 0.812. The maximum Gasteiger partial charge on any atom is 0.256 e. The van der Waals surface area contributed by atoms with Crippen molar-refractivity contribution in [2.75, 3.05) is 5.32 Å². The van der Waals surface area contributed by atoms with Gasteiger partial charge in [0.05, 0.1) is 5.56 Å². The number of carbonyl (C=O) groups is 1. The minimum absolute atomic E-state index is 0.0554. The van der Waals surface area contributed by atoms with Crippen LogP contribution >= 0.6 is 28.1 Å². The van der Waals surface area contributed by atoms with Crippen LogP contribution in [0.4, 0.5) is 10.1 Å².